The SMILES string of the molecule is Cc1ccc2c(c1)OC(=O)CN2CC(=O)Nc1ccc(F)c(F)c1. The van der Waals surface area contributed by atoms with Crippen LogP contribution in [0.5, 0.6) is 5.75 Å². The van der Waals surface area contributed by atoms with Crippen molar-refractivity contribution in [2.24, 2.45) is 0 Å². The van der Waals surface area contributed by atoms with Crippen LogP contribution in [0.4, 0.5) is 20.2 Å². The number of ether oxygens (including phenoxy) is 1. The van der Waals surface area contributed by atoms with E-state index in [1.807, 2.05) is 13.0 Å². The normalized spacial score (nSPS) is 13.3. The van der Waals surface area contributed by atoms with Crippen molar-refractivity contribution >= 4 is 23.3 Å². The van der Waals surface area contributed by atoms with Crippen molar-refractivity contribution in [1.29, 1.82) is 0 Å². The van der Waals surface area contributed by atoms with Crippen molar-refractivity contribution in [3.05, 3.63) is 53.6 Å². The molecule has 124 valence electrons. The number of halogens is 2. The number of esters is 1. The van der Waals surface area contributed by atoms with Crippen molar-refractivity contribution in [2.45, 2.75) is 6.92 Å². The Bertz CT molecular complexity index is 823. The van der Waals surface area contributed by atoms with Crippen molar-refractivity contribution < 1.29 is 23.1 Å². The van der Waals surface area contributed by atoms with Crippen molar-refractivity contribution in [3.63, 3.8) is 0 Å². The second-order valence-electron chi connectivity index (χ2n) is 5.48. The summed E-state index contributed by atoms with van der Waals surface area (Å²) < 4.78 is 31.2. The number of amides is 1. The van der Waals surface area contributed by atoms with Crippen LogP contribution in [0.25, 0.3) is 0 Å². The molecule has 3 rings (SSSR count). The fraction of sp³-hybridized carbons (Fsp3) is 0.176. The number of benzene rings is 2. The number of nitrogens with one attached hydrogen (secondary N) is 1. The molecule has 7 heteroatoms. The number of hydrogen-bond donors (Lipinski definition) is 1. The Labute approximate surface area is 136 Å². The van der Waals surface area contributed by atoms with E-state index in [0.29, 0.717) is 11.4 Å². The molecule has 0 bridgehead atoms. The minimum atomic E-state index is -1.05. The zero-order chi connectivity index (χ0) is 17.3. The van der Waals surface area contributed by atoms with Gasteiger partial charge in [-0.15, -0.1) is 0 Å². The van der Waals surface area contributed by atoms with Crippen molar-refractivity contribution in [2.75, 3.05) is 23.3 Å². The van der Waals surface area contributed by atoms with Crippen molar-refractivity contribution in [3.8, 4) is 5.75 Å². The van der Waals surface area contributed by atoms with Gasteiger partial charge in [-0.1, -0.05) is 6.07 Å². The van der Waals surface area contributed by atoms with Gasteiger partial charge in [-0.25, -0.2) is 13.6 Å². The molecule has 0 fully saturated rings. The molecule has 1 heterocycles. The molecule has 0 saturated heterocycles. The lowest BCUT2D eigenvalue weighted by Crippen LogP contribution is -2.41. The molecular formula is C17H14F2N2O3. The highest BCUT2D eigenvalue weighted by Gasteiger charge is 2.25. The summed E-state index contributed by atoms with van der Waals surface area (Å²) >= 11 is 0. The Morgan fingerprint density at radius 2 is 2.00 bits per heavy atom. The number of rotatable bonds is 3. The topological polar surface area (TPSA) is 58.6 Å². The first-order chi connectivity index (χ1) is 11.4. The number of nitrogens with zero attached hydrogens (tertiary/aromatic N) is 1. The van der Waals surface area contributed by atoms with E-state index in [1.165, 1.54) is 6.07 Å². The Balaban J connectivity index is 1.75. The first kappa shape index (κ1) is 15.9. The lowest BCUT2D eigenvalue weighted by molar-refractivity contribution is -0.133. The molecule has 1 aliphatic heterocycles. The van der Waals surface area contributed by atoms with Gasteiger partial charge in [0.15, 0.2) is 17.4 Å². The number of carbonyl (C=O) groups is 2. The van der Waals surface area contributed by atoms with Gasteiger partial charge >= 0.3 is 5.97 Å². The number of fused-ring (bicyclic) bond motifs is 1. The predicted octanol–water partition coefficient (Wildman–Crippen LogP) is 2.64. The Morgan fingerprint density at radius 3 is 2.75 bits per heavy atom. The number of hydrogen-bond acceptors (Lipinski definition) is 4. The van der Waals surface area contributed by atoms with E-state index in [-0.39, 0.29) is 18.8 Å². The maximum atomic E-state index is 13.2. The van der Waals surface area contributed by atoms with Gasteiger partial charge < -0.3 is 15.0 Å². The maximum absolute atomic E-state index is 13.2. The third kappa shape index (κ3) is 3.34. The first-order valence-electron chi connectivity index (χ1n) is 7.23. The highest BCUT2D eigenvalue weighted by molar-refractivity contribution is 5.96. The van der Waals surface area contributed by atoms with Crippen LogP contribution in [0, 0.1) is 18.6 Å². The average molecular weight is 332 g/mol. The van der Waals surface area contributed by atoms with E-state index in [4.69, 9.17) is 4.74 Å². The average Bonchev–Trinajstić information content (AvgIpc) is 2.50. The maximum Gasteiger partial charge on any atom is 0.331 e. The van der Waals surface area contributed by atoms with Crippen LogP contribution in [-0.2, 0) is 9.59 Å². The molecule has 0 unspecified atom stereocenters. The summed E-state index contributed by atoms with van der Waals surface area (Å²) in [5.41, 5.74) is 1.69. The summed E-state index contributed by atoms with van der Waals surface area (Å²) in [4.78, 5) is 25.4. The standard InChI is InChI=1S/C17H14F2N2O3/c1-10-2-5-14-15(6-10)24-17(23)9-21(14)8-16(22)20-11-3-4-12(18)13(19)7-11/h2-7H,8-9H2,1H3,(H,20,22). The Morgan fingerprint density at radius 1 is 1.21 bits per heavy atom. The molecule has 0 spiro atoms. The summed E-state index contributed by atoms with van der Waals surface area (Å²) in [6.45, 7) is 1.67. The molecule has 0 aliphatic carbocycles. The van der Waals surface area contributed by atoms with Crippen LogP contribution in [0.15, 0.2) is 36.4 Å². The lowest BCUT2D eigenvalue weighted by Gasteiger charge is -2.29. The number of aryl methyl sites for hydroxylation is 1. The van der Waals surface area contributed by atoms with E-state index in [2.05, 4.69) is 5.32 Å². The molecule has 2 aromatic rings. The van der Waals surface area contributed by atoms with Gasteiger partial charge in [-0.3, -0.25) is 4.79 Å². The quantitative estimate of drug-likeness (QED) is 0.693. The molecule has 0 atom stereocenters. The second-order valence-corrected chi connectivity index (χ2v) is 5.48. The zero-order valence-corrected chi connectivity index (χ0v) is 12.8. The largest absolute Gasteiger partial charge is 0.423 e. The van der Waals surface area contributed by atoms with Gasteiger partial charge in [0.05, 0.1) is 12.2 Å². The number of carbonyl (C=O) groups excluding carboxylic acids is 2. The molecule has 2 aromatic carbocycles. The van der Waals surface area contributed by atoms with Crippen molar-refractivity contribution in [1.82, 2.24) is 0 Å². The summed E-state index contributed by atoms with van der Waals surface area (Å²) in [5, 5.41) is 2.47. The fourth-order valence-electron chi connectivity index (χ4n) is 2.45. The monoisotopic (exact) mass is 332 g/mol. The molecule has 5 nitrogen and oxygen atoms in total. The van der Waals surface area contributed by atoms with Gasteiger partial charge in [-0.2, -0.15) is 0 Å². The first-order valence-corrected chi connectivity index (χ1v) is 7.23. The summed E-state index contributed by atoms with van der Waals surface area (Å²) in [7, 11) is 0. The Kier molecular flexibility index (Phi) is 4.16. The van der Waals surface area contributed by atoms with Gasteiger partial charge in [0, 0.05) is 11.8 Å². The minimum Gasteiger partial charge on any atom is -0.423 e. The van der Waals surface area contributed by atoms with Crippen LogP contribution in [0.3, 0.4) is 0 Å². The van der Waals surface area contributed by atoms with Gasteiger partial charge in [0.1, 0.15) is 6.54 Å². The molecule has 0 radical (unpaired) electrons. The molecule has 24 heavy (non-hydrogen) atoms. The smallest absolute Gasteiger partial charge is 0.331 e. The molecular weight excluding hydrogens is 318 g/mol. The van der Waals surface area contributed by atoms with E-state index in [9.17, 15) is 18.4 Å². The van der Waals surface area contributed by atoms with Crippen LogP contribution in [0.1, 0.15) is 5.56 Å². The highest BCUT2D eigenvalue weighted by Crippen LogP contribution is 2.32. The molecule has 0 saturated carbocycles. The summed E-state index contributed by atoms with van der Waals surface area (Å²) in [5.74, 6) is -2.56. The number of anilines is 2. The van der Waals surface area contributed by atoms with E-state index in [0.717, 1.165) is 17.7 Å². The molecule has 1 aliphatic rings. The third-order valence-electron chi connectivity index (χ3n) is 3.54. The van der Waals surface area contributed by atoms with Crippen LogP contribution < -0.4 is 15.0 Å². The molecule has 0 aromatic heterocycles. The third-order valence-corrected chi connectivity index (χ3v) is 3.54. The minimum absolute atomic E-state index is 0.0682. The highest BCUT2D eigenvalue weighted by atomic mass is 19.2. The summed E-state index contributed by atoms with van der Waals surface area (Å²) in [6.07, 6.45) is 0. The molecule has 1 N–H and O–H groups in total. The zero-order valence-electron chi connectivity index (χ0n) is 12.8. The van der Waals surface area contributed by atoms with Crippen LogP contribution >= 0.6 is 0 Å². The lowest BCUT2D eigenvalue weighted by atomic mass is 10.1. The van der Waals surface area contributed by atoms with Crippen LogP contribution in [-0.4, -0.2) is 25.0 Å². The van der Waals surface area contributed by atoms with Gasteiger partial charge in [0.25, 0.3) is 0 Å². The van der Waals surface area contributed by atoms with Gasteiger partial charge in [-0.05, 0) is 36.8 Å². The van der Waals surface area contributed by atoms with Crippen LogP contribution in [0.2, 0.25) is 0 Å². The molecule has 1 amide bonds. The predicted molar refractivity (Wildman–Crippen MR) is 84.0 cm³/mol. The van der Waals surface area contributed by atoms with E-state index >= 15 is 0 Å². The van der Waals surface area contributed by atoms with E-state index < -0.39 is 23.5 Å². The second kappa shape index (κ2) is 6.27. The fourth-order valence-corrected chi connectivity index (χ4v) is 2.45. The van der Waals surface area contributed by atoms with Gasteiger partial charge in [0.2, 0.25) is 5.91 Å². The summed E-state index contributed by atoms with van der Waals surface area (Å²) in [6, 6.07) is 8.42. The Hall–Kier alpha value is -2.96. The van der Waals surface area contributed by atoms with E-state index in [1.54, 1.807) is 17.0 Å².